The van der Waals surface area contributed by atoms with Crippen molar-refractivity contribution < 1.29 is 14.6 Å². The van der Waals surface area contributed by atoms with Crippen LogP contribution < -0.4 is 5.32 Å². The lowest BCUT2D eigenvalue weighted by Crippen LogP contribution is -2.49. The van der Waals surface area contributed by atoms with E-state index in [-0.39, 0.29) is 18.6 Å². The Morgan fingerprint density at radius 3 is 2.89 bits per heavy atom. The summed E-state index contributed by atoms with van der Waals surface area (Å²) < 4.78 is 5.68. The number of thiophene rings is 1. The molecule has 2 aromatic rings. The molecule has 0 bridgehead atoms. The number of carbonyl (C=O) groups is 1. The molecule has 0 unspecified atom stereocenters. The van der Waals surface area contributed by atoms with Gasteiger partial charge in [-0.2, -0.15) is 0 Å². The maximum atomic E-state index is 13.1. The lowest BCUT2D eigenvalue weighted by Gasteiger charge is -2.34. The Balaban J connectivity index is 1.51. The fraction of sp³-hybridized carbons (Fsp3) is 0.632. The molecule has 2 N–H and O–H groups in total. The largest absolute Gasteiger partial charge is 0.395 e. The number of aryl methyl sites for hydroxylation is 1. The van der Waals surface area contributed by atoms with E-state index in [1.54, 1.807) is 6.33 Å². The van der Waals surface area contributed by atoms with Crippen molar-refractivity contribution in [2.45, 2.75) is 25.9 Å². The zero-order chi connectivity index (χ0) is 19.5. The Morgan fingerprint density at radius 2 is 2.18 bits per heavy atom. The summed E-state index contributed by atoms with van der Waals surface area (Å²) in [6.45, 7) is 7.31. The summed E-state index contributed by atoms with van der Waals surface area (Å²) in [6, 6.07) is 0. The first kappa shape index (κ1) is 19.5. The Bertz CT molecular complexity index is 828. The highest BCUT2D eigenvalue weighted by molar-refractivity contribution is 7.20. The molecule has 9 heteroatoms. The average Bonchev–Trinajstić information content (AvgIpc) is 3.35. The number of β-amino-alcohol motifs (C(OH)–C–C–N with tert-alkyl or cyclic N) is 1. The summed E-state index contributed by atoms with van der Waals surface area (Å²) in [5.74, 6) is 0.843. The molecule has 2 saturated heterocycles. The quantitative estimate of drug-likeness (QED) is 0.749. The van der Waals surface area contributed by atoms with Gasteiger partial charge in [0.05, 0.1) is 23.0 Å². The number of aliphatic hydroxyl groups is 1. The molecule has 2 aromatic heterocycles. The number of nitrogens with one attached hydrogen (secondary N) is 1. The first-order valence-corrected chi connectivity index (χ1v) is 10.7. The number of aliphatic hydroxyl groups excluding tert-OH is 1. The van der Waals surface area contributed by atoms with Gasteiger partial charge in [-0.15, -0.1) is 11.3 Å². The van der Waals surface area contributed by atoms with E-state index in [1.807, 2.05) is 11.8 Å². The third-order valence-corrected chi connectivity index (χ3v) is 6.71. The van der Waals surface area contributed by atoms with E-state index in [9.17, 15) is 4.79 Å². The van der Waals surface area contributed by atoms with E-state index in [2.05, 4.69) is 20.2 Å². The van der Waals surface area contributed by atoms with Crippen LogP contribution in [-0.4, -0.2) is 89.4 Å². The minimum atomic E-state index is 0.0641. The Hall–Kier alpha value is -1.81. The van der Waals surface area contributed by atoms with Crippen molar-refractivity contribution in [3.05, 3.63) is 16.8 Å². The Kier molecular flexibility index (Phi) is 6.05. The van der Waals surface area contributed by atoms with Gasteiger partial charge in [-0.1, -0.05) is 0 Å². The Labute approximate surface area is 168 Å². The number of hydrogen-bond donors (Lipinski definition) is 2. The smallest absolute Gasteiger partial charge is 0.264 e. The summed E-state index contributed by atoms with van der Waals surface area (Å²) in [5, 5.41) is 13.4. The van der Waals surface area contributed by atoms with Gasteiger partial charge in [0.15, 0.2) is 0 Å². The second kappa shape index (κ2) is 8.69. The van der Waals surface area contributed by atoms with Crippen LogP contribution in [0.2, 0.25) is 0 Å². The van der Waals surface area contributed by atoms with Gasteiger partial charge in [-0.05, 0) is 25.3 Å². The molecule has 1 atom stereocenters. The van der Waals surface area contributed by atoms with Crippen LogP contribution in [0.15, 0.2) is 6.33 Å². The standard InChI is InChI=1S/C19H27N5O3S/c1-13-15-17(20-11-14-3-2-10-27-14)21-12-22-18(15)28-16(13)19(26)24-6-4-23(5-7-24)8-9-25/h12,14,25H,2-11H2,1H3,(H,20,21,22)/t14-/m0/s1. The molecule has 0 radical (unpaired) electrons. The van der Waals surface area contributed by atoms with Crippen LogP contribution >= 0.6 is 11.3 Å². The van der Waals surface area contributed by atoms with Gasteiger partial charge in [0, 0.05) is 45.9 Å². The minimum Gasteiger partial charge on any atom is -0.395 e. The molecule has 2 aliphatic rings. The van der Waals surface area contributed by atoms with Crippen molar-refractivity contribution in [3.8, 4) is 0 Å². The molecule has 0 aliphatic carbocycles. The zero-order valence-electron chi connectivity index (χ0n) is 16.2. The highest BCUT2D eigenvalue weighted by Gasteiger charge is 2.26. The first-order valence-electron chi connectivity index (χ1n) is 9.89. The van der Waals surface area contributed by atoms with Crippen LogP contribution in [0.3, 0.4) is 0 Å². The number of rotatable bonds is 6. The van der Waals surface area contributed by atoms with Crippen LogP contribution in [-0.2, 0) is 4.74 Å². The molecule has 2 aliphatic heterocycles. The van der Waals surface area contributed by atoms with Crippen LogP contribution in [0.25, 0.3) is 10.2 Å². The Morgan fingerprint density at radius 1 is 1.36 bits per heavy atom. The minimum absolute atomic E-state index is 0.0641. The molecule has 2 fully saturated rings. The molecule has 8 nitrogen and oxygen atoms in total. The predicted octanol–water partition coefficient (Wildman–Crippen LogP) is 1.34. The van der Waals surface area contributed by atoms with Gasteiger partial charge >= 0.3 is 0 Å². The number of amides is 1. The zero-order valence-corrected chi connectivity index (χ0v) is 17.0. The van der Waals surface area contributed by atoms with Gasteiger partial charge in [-0.25, -0.2) is 9.97 Å². The number of piperazine rings is 1. The molecular weight excluding hydrogens is 378 g/mol. The fourth-order valence-electron chi connectivity index (χ4n) is 3.89. The number of aromatic nitrogens is 2. The summed E-state index contributed by atoms with van der Waals surface area (Å²) in [7, 11) is 0. The maximum Gasteiger partial charge on any atom is 0.264 e. The lowest BCUT2D eigenvalue weighted by atomic mass is 10.1. The second-order valence-corrected chi connectivity index (χ2v) is 8.33. The monoisotopic (exact) mass is 405 g/mol. The number of anilines is 1. The molecular formula is C19H27N5O3S. The number of hydrogen-bond acceptors (Lipinski definition) is 8. The van der Waals surface area contributed by atoms with E-state index < -0.39 is 0 Å². The molecule has 152 valence electrons. The van der Waals surface area contributed by atoms with Crippen molar-refractivity contribution in [2.24, 2.45) is 0 Å². The lowest BCUT2D eigenvalue weighted by molar-refractivity contribution is 0.0619. The molecule has 4 heterocycles. The van der Waals surface area contributed by atoms with Crippen LogP contribution in [0.1, 0.15) is 28.1 Å². The fourth-order valence-corrected chi connectivity index (χ4v) is 5.00. The number of fused-ring (bicyclic) bond motifs is 1. The van der Waals surface area contributed by atoms with Crippen molar-refractivity contribution >= 4 is 33.3 Å². The van der Waals surface area contributed by atoms with E-state index >= 15 is 0 Å². The van der Waals surface area contributed by atoms with E-state index in [1.165, 1.54) is 11.3 Å². The first-order chi connectivity index (χ1) is 13.7. The summed E-state index contributed by atoms with van der Waals surface area (Å²) in [6.07, 6.45) is 3.95. The van der Waals surface area contributed by atoms with Crippen molar-refractivity contribution in [3.63, 3.8) is 0 Å². The van der Waals surface area contributed by atoms with Gasteiger partial charge in [0.1, 0.15) is 17.0 Å². The number of ether oxygens (including phenoxy) is 1. The van der Waals surface area contributed by atoms with E-state index in [4.69, 9.17) is 9.84 Å². The molecule has 0 spiro atoms. The van der Waals surface area contributed by atoms with Crippen molar-refractivity contribution in [1.29, 1.82) is 0 Å². The predicted molar refractivity (Wildman–Crippen MR) is 109 cm³/mol. The van der Waals surface area contributed by atoms with Crippen LogP contribution in [0.5, 0.6) is 0 Å². The highest BCUT2D eigenvalue weighted by atomic mass is 32.1. The molecule has 1 amide bonds. The normalized spacial score (nSPS) is 20.8. The van der Waals surface area contributed by atoms with E-state index in [0.29, 0.717) is 19.6 Å². The van der Waals surface area contributed by atoms with Crippen molar-refractivity contribution in [1.82, 2.24) is 19.8 Å². The summed E-state index contributed by atoms with van der Waals surface area (Å²) in [5.41, 5.74) is 0.943. The van der Waals surface area contributed by atoms with Gasteiger partial charge in [0.2, 0.25) is 0 Å². The maximum absolute atomic E-state index is 13.1. The van der Waals surface area contributed by atoms with E-state index in [0.717, 1.165) is 65.6 Å². The molecule has 0 saturated carbocycles. The molecule has 28 heavy (non-hydrogen) atoms. The van der Waals surface area contributed by atoms with Gasteiger partial charge in [0.25, 0.3) is 5.91 Å². The average molecular weight is 406 g/mol. The topological polar surface area (TPSA) is 90.8 Å². The third-order valence-electron chi connectivity index (χ3n) is 5.52. The van der Waals surface area contributed by atoms with Crippen LogP contribution in [0, 0.1) is 6.92 Å². The number of nitrogens with zero attached hydrogens (tertiary/aromatic N) is 4. The summed E-state index contributed by atoms with van der Waals surface area (Å²) in [4.78, 5) is 27.6. The number of carbonyl (C=O) groups excluding carboxylic acids is 1. The highest BCUT2D eigenvalue weighted by Crippen LogP contribution is 2.34. The van der Waals surface area contributed by atoms with Crippen molar-refractivity contribution in [2.75, 3.05) is 57.8 Å². The van der Waals surface area contributed by atoms with Crippen LogP contribution in [0.4, 0.5) is 5.82 Å². The third kappa shape index (κ3) is 3.98. The summed E-state index contributed by atoms with van der Waals surface area (Å²) >= 11 is 1.44. The van der Waals surface area contributed by atoms with Gasteiger partial charge < -0.3 is 20.1 Å². The molecule has 4 rings (SSSR count). The molecule has 0 aromatic carbocycles. The SMILES string of the molecule is Cc1c(C(=O)N2CCN(CCO)CC2)sc2ncnc(NC[C@@H]3CCCO3)c12. The second-order valence-electron chi connectivity index (χ2n) is 7.33. The van der Waals surface area contributed by atoms with Gasteiger partial charge in [-0.3, -0.25) is 9.69 Å².